The number of rotatable bonds is 6. The molecule has 0 aliphatic heterocycles. The van der Waals surface area contributed by atoms with Gasteiger partial charge in [0, 0.05) is 11.4 Å². The van der Waals surface area contributed by atoms with E-state index in [-0.39, 0.29) is 5.41 Å². The van der Waals surface area contributed by atoms with Gasteiger partial charge in [-0.3, -0.25) is 0 Å². The lowest BCUT2D eigenvalue weighted by Gasteiger charge is -2.28. The van der Waals surface area contributed by atoms with E-state index in [0.29, 0.717) is 11.6 Å². The summed E-state index contributed by atoms with van der Waals surface area (Å²) in [6.45, 7) is 10.7. The molecule has 0 atom stereocenters. The molecule has 0 amide bonds. The molecule has 0 heterocycles. The molecular weight excluding hydrogens is 256 g/mol. The van der Waals surface area contributed by atoms with E-state index in [9.17, 15) is 5.11 Å². The van der Waals surface area contributed by atoms with Crippen LogP contribution in [-0.4, -0.2) is 5.11 Å². The fraction of sp³-hybridized carbons (Fsp3) is 0.647. The highest BCUT2D eigenvalue weighted by Gasteiger charge is 2.25. The Morgan fingerprint density at radius 1 is 1.21 bits per heavy atom. The molecule has 1 N–H and O–H groups in total. The molecule has 0 saturated carbocycles. The highest BCUT2D eigenvalue weighted by molar-refractivity contribution is 6.17. The Hall–Kier alpha value is -0.690. The number of alkyl halides is 1. The van der Waals surface area contributed by atoms with E-state index in [1.165, 1.54) is 24.8 Å². The van der Waals surface area contributed by atoms with Crippen molar-refractivity contribution < 1.29 is 5.11 Å². The molecule has 1 rings (SSSR count). The molecule has 108 valence electrons. The van der Waals surface area contributed by atoms with Crippen molar-refractivity contribution in [1.29, 1.82) is 0 Å². The lowest BCUT2D eigenvalue weighted by atomic mass is 9.77. The molecular formula is C17H27ClO. The first-order valence-corrected chi connectivity index (χ1v) is 7.77. The molecule has 1 nitrogen and oxygen atoms in total. The second-order valence-electron chi connectivity index (χ2n) is 6.17. The van der Waals surface area contributed by atoms with Crippen LogP contribution in [0.25, 0.3) is 0 Å². The van der Waals surface area contributed by atoms with E-state index >= 15 is 0 Å². The molecule has 0 spiro atoms. The maximum atomic E-state index is 10.5. The number of unbranched alkanes of at least 4 members (excludes halogenated alkanes) is 2. The molecule has 1 aromatic rings. The van der Waals surface area contributed by atoms with Crippen molar-refractivity contribution in [3.63, 3.8) is 0 Å². The third-order valence-electron chi connectivity index (χ3n) is 4.17. The Labute approximate surface area is 123 Å². The van der Waals surface area contributed by atoms with Gasteiger partial charge in [-0.25, -0.2) is 0 Å². The molecule has 0 aliphatic rings. The van der Waals surface area contributed by atoms with Crippen LogP contribution in [0.5, 0.6) is 5.75 Å². The largest absolute Gasteiger partial charge is 0.507 e. The molecule has 0 aliphatic carbocycles. The number of aryl methyl sites for hydroxylation is 1. The zero-order valence-electron chi connectivity index (χ0n) is 12.9. The average molecular weight is 283 g/mol. The van der Waals surface area contributed by atoms with Crippen LogP contribution < -0.4 is 0 Å². The minimum atomic E-state index is 0.0135. The zero-order chi connectivity index (χ0) is 14.6. The fourth-order valence-electron chi connectivity index (χ4n) is 2.69. The minimum absolute atomic E-state index is 0.0135. The Kier molecular flexibility index (Phi) is 5.73. The van der Waals surface area contributed by atoms with E-state index in [2.05, 4.69) is 33.8 Å². The van der Waals surface area contributed by atoms with Crippen molar-refractivity contribution in [2.75, 3.05) is 0 Å². The minimum Gasteiger partial charge on any atom is -0.507 e. The van der Waals surface area contributed by atoms with E-state index < -0.39 is 0 Å². The van der Waals surface area contributed by atoms with Crippen LogP contribution in [-0.2, 0) is 11.3 Å². The normalized spacial score (nSPS) is 11.9. The second-order valence-corrected chi connectivity index (χ2v) is 6.44. The van der Waals surface area contributed by atoms with Gasteiger partial charge in [-0.2, -0.15) is 0 Å². The van der Waals surface area contributed by atoms with Gasteiger partial charge in [0.15, 0.2) is 0 Å². The number of hydrogen-bond acceptors (Lipinski definition) is 1. The maximum absolute atomic E-state index is 10.5. The first-order chi connectivity index (χ1) is 8.85. The van der Waals surface area contributed by atoms with Gasteiger partial charge < -0.3 is 5.11 Å². The summed E-state index contributed by atoms with van der Waals surface area (Å²) in [5.41, 5.74) is 4.26. The number of phenols is 1. The van der Waals surface area contributed by atoms with Crippen molar-refractivity contribution >= 4 is 11.6 Å². The molecule has 0 unspecified atom stereocenters. The summed E-state index contributed by atoms with van der Waals surface area (Å²) in [5.74, 6) is 0.893. The van der Waals surface area contributed by atoms with Crippen LogP contribution in [0.2, 0.25) is 0 Å². The third-order valence-corrected chi connectivity index (χ3v) is 4.44. The van der Waals surface area contributed by atoms with Gasteiger partial charge in [0.05, 0.1) is 0 Å². The molecule has 0 bridgehead atoms. The van der Waals surface area contributed by atoms with Crippen LogP contribution in [0.4, 0.5) is 0 Å². The Morgan fingerprint density at radius 2 is 1.84 bits per heavy atom. The molecule has 0 fully saturated rings. The second kappa shape index (κ2) is 6.65. The number of benzene rings is 1. The van der Waals surface area contributed by atoms with Crippen LogP contribution >= 0.6 is 11.6 Å². The Balaban J connectivity index is 3.13. The van der Waals surface area contributed by atoms with Crippen LogP contribution in [0.3, 0.4) is 0 Å². The summed E-state index contributed by atoms with van der Waals surface area (Å²) >= 11 is 5.97. The van der Waals surface area contributed by atoms with E-state index in [1.807, 2.05) is 6.92 Å². The van der Waals surface area contributed by atoms with Crippen molar-refractivity contribution in [2.24, 2.45) is 0 Å². The lowest BCUT2D eigenvalue weighted by molar-refractivity contribution is 0.405. The van der Waals surface area contributed by atoms with Crippen molar-refractivity contribution in [1.82, 2.24) is 0 Å². The summed E-state index contributed by atoms with van der Waals surface area (Å²) in [7, 11) is 0. The van der Waals surface area contributed by atoms with Gasteiger partial charge in [-0.1, -0.05) is 46.1 Å². The molecule has 0 radical (unpaired) electrons. The van der Waals surface area contributed by atoms with Gasteiger partial charge in [0.1, 0.15) is 5.75 Å². The first kappa shape index (κ1) is 16.4. The first-order valence-electron chi connectivity index (χ1n) is 7.23. The summed E-state index contributed by atoms with van der Waals surface area (Å²) < 4.78 is 0. The predicted molar refractivity (Wildman–Crippen MR) is 84.3 cm³/mol. The van der Waals surface area contributed by atoms with Gasteiger partial charge >= 0.3 is 0 Å². The van der Waals surface area contributed by atoms with Gasteiger partial charge in [-0.05, 0) is 42.4 Å². The average Bonchev–Trinajstić information content (AvgIpc) is 2.34. The predicted octanol–water partition coefficient (Wildman–Crippen LogP) is 5.61. The molecule has 1 aromatic carbocycles. The van der Waals surface area contributed by atoms with Crippen molar-refractivity contribution in [2.45, 2.75) is 71.6 Å². The molecule has 0 aromatic heterocycles. The summed E-state index contributed by atoms with van der Waals surface area (Å²) in [6, 6.07) is 2.12. The van der Waals surface area contributed by atoms with Crippen LogP contribution in [0, 0.1) is 13.8 Å². The number of phenolic OH excluding ortho intramolecular Hbond substituents is 1. The number of aromatic hydroxyl groups is 1. The van der Waals surface area contributed by atoms with Gasteiger partial charge in [0.25, 0.3) is 0 Å². The SMILES string of the molecule is CCCCCC(C)(C)c1cc(C)c(CCl)c(C)c1O. The topological polar surface area (TPSA) is 20.2 Å². The van der Waals surface area contributed by atoms with Crippen LogP contribution in [0.15, 0.2) is 6.07 Å². The maximum Gasteiger partial charge on any atom is 0.122 e. The monoisotopic (exact) mass is 282 g/mol. The smallest absolute Gasteiger partial charge is 0.122 e. The van der Waals surface area contributed by atoms with Gasteiger partial charge in [-0.15, -0.1) is 11.6 Å². The van der Waals surface area contributed by atoms with Crippen molar-refractivity contribution in [3.8, 4) is 5.75 Å². The standard InChI is InChI=1S/C17H27ClO/c1-6-7-8-9-17(4,5)15-10-12(2)14(11-18)13(3)16(15)19/h10,19H,6-9,11H2,1-5H3. The lowest BCUT2D eigenvalue weighted by Crippen LogP contribution is -2.18. The van der Waals surface area contributed by atoms with Gasteiger partial charge in [0.2, 0.25) is 0 Å². The zero-order valence-corrected chi connectivity index (χ0v) is 13.7. The highest BCUT2D eigenvalue weighted by Crippen LogP contribution is 2.39. The van der Waals surface area contributed by atoms with E-state index in [4.69, 9.17) is 11.6 Å². The van der Waals surface area contributed by atoms with Crippen molar-refractivity contribution in [3.05, 3.63) is 28.3 Å². The Bertz CT molecular complexity index is 435. The summed E-state index contributed by atoms with van der Waals surface area (Å²) in [6.07, 6.45) is 4.79. The fourth-order valence-corrected chi connectivity index (χ4v) is 3.10. The third kappa shape index (κ3) is 3.66. The highest BCUT2D eigenvalue weighted by atomic mass is 35.5. The van der Waals surface area contributed by atoms with E-state index in [0.717, 1.165) is 23.1 Å². The molecule has 2 heteroatoms. The Morgan fingerprint density at radius 3 is 2.37 bits per heavy atom. The quantitative estimate of drug-likeness (QED) is 0.531. The summed E-state index contributed by atoms with van der Waals surface area (Å²) in [5, 5.41) is 10.5. The molecule has 19 heavy (non-hydrogen) atoms. The summed E-state index contributed by atoms with van der Waals surface area (Å²) in [4.78, 5) is 0. The molecule has 0 saturated heterocycles. The number of halogens is 1. The number of hydrogen-bond donors (Lipinski definition) is 1. The van der Waals surface area contributed by atoms with Crippen LogP contribution in [0.1, 0.15) is 68.7 Å². The van der Waals surface area contributed by atoms with E-state index in [1.54, 1.807) is 0 Å².